The van der Waals surface area contributed by atoms with Crippen LogP contribution in [0.4, 0.5) is 0 Å². The third-order valence-corrected chi connectivity index (χ3v) is 9.00. The van der Waals surface area contributed by atoms with E-state index in [1.54, 1.807) is 18.0 Å². The van der Waals surface area contributed by atoms with E-state index in [1.807, 2.05) is 38.1 Å². The van der Waals surface area contributed by atoms with E-state index < -0.39 is 21.7 Å². The zero-order valence-electron chi connectivity index (χ0n) is 22.6. The van der Waals surface area contributed by atoms with Gasteiger partial charge in [0.05, 0.1) is 43.5 Å². The third-order valence-electron chi connectivity index (χ3n) is 6.62. The van der Waals surface area contributed by atoms with E-state index in [4.69, 9.17) is 25.8 Å². The summed E-state index contributed by atoms with van der Waals surface area (Å²) < 4.78 is 45.4. The van der Waals surface area contributed by atoms with Crippen LogP contribution in [0.5, 0.6) is 5.75 Å². The van der Waals surface area contributed by atoms with Gasteiger partial charge in [0, 0.05) is 38.3 Å². The number of methoxy groups -OCH3 is 1. The predicted octanol–water partition coefficient (Wildman–Crippen LogP) is 2.54. The molecule has 2 aliphatic rings. The van der Waals surface area contributed by atoms with Crippen LogP contribution >= 0.6 is 11.6 Å². The van der Waals surface area contributed by atoms with E-state index in [9.17, 15) is 13.2 Å². The number of rotatable bonds is 10. The Morgan fingerprint density at radius 2 is 2.00 bits per heavy atom. The summed E-state index contributed by atoms with van der Waals surface area (Å²) in [6.45, 7) is 5.72. The summed E-state index contributed by atoms with van der Waals surface area (Å²) in [5, 5.41) is 3.31. The van der Waals surface area contributed by atoms with Gasteiger partial charge in [-0.15, -0.1) is 0 Å². The number of aliphatic imine (C=N–C) groups is 1. The molecule has 0 radical (unpaired) electrons. The van der Waals surface area contributed by atoms with Crippen LogP contribution in [-0.4, -0.2) is 94.6 Å². The summed E-state index contributed by atoms with van der Waals surface area (Å²) >= 11 is 6.31. The number of hydrogen-bond donors (Lipinski definition) is 1. The molecule has 0 aliphatic carbocycles. The molecule has 212 valence electrons. The molecule has 2 aliphatic heterocycles. The molecule has 1 N–H and O–H groups in total. The zero-order valence-corrected chi connectivity index (χ0v) is 24.2. The molecule has 0 saturated carbocycles. The van der Waals surface area contributed by atoms with E-state index >= 15 is 0 Å². The summed E-state index contributed by atoms with van der Waals surface area (Å²) in [5.74, 6) is 1.13. The first-order chi connectivity index (χ1) is 18.5. The first-order valence-electron chi connectivity index (χ1n) is 12.7. The van der Waals surface area contributed by atoms with Crippen LogP contribution in [0.2, 0.25) is 5.02 Å². The van der Waals surface area contributed by atoms with Crippen molar-refractivity contribution in [2.75, 3.05) is 53.6 Å². The number of morpholine rings is 1. The van der Waals surface area contributed by atoms with E-state index in [2.05, 4.69) is 10.3 Å². The van der Waals surface area contributed by atoms with Crippen molar-refractivity contribution in [3.63, 3.8) is 0 Å². The van der Waals surface area contributed by atoms with Crippen LogP contribution in [0.15, 0.2) is 52.4 Å². The summed E-state index contributed by atoms with van der Waals surface area (Å²) in [4.78, 5) is 18.7. The second kappa shape index (κ2) is 12.2. The molecule has 0 unspecified atom stereocenters. The predicted molar refractivity (Wildman–Crippen MR) is 149 cm³/mol. The molecule has 0 aromatic heterocycles. The Kier molecular flexibility index (Phi) is 9.18. The first kappa shape index (κ1) is 29.3. The molecule has 0 bridgehead atoms. The highest BCUT2D eigenvalue weighted by molar-refractivity contribution is 7.89. The Balaban J connectivity index is 1.36. The summed E-state index contributed by atoms with van der Waals surface area (Å²) in [5.41, 5.74) is 1.29. The molecule has 1 atom stereocenters. The third kappa shape index (κ3) is 7.09. The van der Waals surface area contributed by atoms with Gasteiger partial charge in [-0.05, 0) is 31.5 Å². The smallest absolute Gasteiger partial charge is 0.248 e. The second-order valence-corrected chi connectivity index (χ2v) is 12.5. The van der Waals surface area contributed by atoms with E-state index in [1.165, 1.54) is 23.5 Å². The average Bonchev–Trinajstić information content (AvgIpc) is 3.44. The number of halogens is 1. The number of benzene rings is 2. The standard InChI is InChI=1S/C27H35ClN4O6S/c1-27(2)18-32(39(34,35)24-10-9-22(36-4)13-23(24)28)21(16-38-27)15-37-17-25(33)31(3)14-19-5-7-20(8-6-19)26-29-11-12-30-26/h5-10,13,21H,11-12,14-18H2,1-4H3,(H,29,30)/t21-/m1/s1. The molecular formula is C27H35ClN4O6S. The fourth-order valence-corrected chi connectivity index (χ4v) is 6.68. The van der Waals surface area contributed by atoms with Gasteiger partial charge < -0.3 is 24.4 Å². The molecule has 0 spiro atoms. The molecule has 10 nitrogen and oxygen atoms in total. The second-order valence-electron chi connectivity index (χ2n) is 10.2. The Morgan fingerprint density at radius 3 is 2.64 bits per heavy atom. The normalized spacial score (nSPS) is 19.3. The van der Waals surface area contributed by atoms with Crippen molar-refractivity contribution in [2.24, 2.45) is 4.99 Å². The monoisotopic (exact) mass is 578 g/mol. The lowest BCUT2D eigenvalue weighted by molar-refractivity contribution is -0.138. The molecule has 1 saturated heterocycles. The maximum atomic E-state index is 13.6. The van der Waals surface area contributed by atoms with Gasteiger partial charge in [-0.25, -0.2) is 8.42 Å². The van der Waals surface area contributed by atoms with Crippen LogP contribution < -0.4 is 10.1 Å². The number of ether oxygens (including phenoxy) is 3. The van der Waals surface area contributed by atoms with Crippen LogP contribution in [0.3, 0.4) is 0 Å². The molecule has 4 rings (SSSR count). The van der Waals surface area contributed by atoms with Crippen molar-refractivity contribution in [1.82, 2.24) is 14.5 Å². The minimum atomic E-state index is -3.98. The van der Waals surface area contributed by atoms with Gasteiger partial charge in [0.2, 0.25) is 15.9 Å². The Hall–Kier alpha value is -2.70. The van der Waals surface area contributed by atoms with Crippen LogP contribution in [0.25, 0.3) is 0 Å². The number of sulfonamides is 1. The molecule has 2 aromatic carbocycles. The van der Waals surface area contributed by atoms with Gasteiger partial charge in [-0.2, -0.15) is 4.31 Å². The van der Waals surface area contributed by atoms with Gasteiger partial charge in [-0.3, -0.25) is 9.79 Å². The van der Waals surface area contributed by atoms with E-state index in [0.717, 1.165) is 30.1 Å². The molecule has 39 heavy (non-hydrogen) atoms. The number of nitrogens with zero attached hydrogens (tertiary/aromatic N) is 3. The van der Waals surface area contributed by atoms with Crippen LogP contribution in [0, 0.1) is 0 Å². The van der Waals surface area contributed by atoms with Gasteiger partial charge in [0.25, 0.3) is 0 Å². The van der Waals surface area contributed by atoms with Crippen molar-refractivity contribution < 1.29 is 27.4 Å². The largest absolute Gasteiger partial charge is 0.497 e. The fraction of sp³-hybridized carbons (Fsp3) is 0.481. The van der Waals surface area contributed by atoms with Gasteiger partial charge in [0.15, 0.2) is 0 Å². The quantitative estimate of drug-likeness (QED) is 0.461. The highest BCUT2D eigenvalue weighted by atomic mass is 35.5. The Bertz CT molecular complexity index is 1320. The number of amides is 1. The summed E-state index contributed by atoms with van der Waals surface area (Å²) in [6, 6.07) is 11.7. The lowest BCUT2D eigenvalue weighted by Gasteiger charge is -2.42. The summed E-state index contributed by atoms with van der Waals surface area (Å²) in [7, 11) is -0.790. The molecule has 2 heterocycles. The maximum Gasteiger partial charge on any atom is 0.248 e. The minimum absolute atomic E-state index is 0.00747. The van der Waals surface area contributed by atoms with Crippen molar-refractivity contribution in [2.45, 2.75) is 36.9 Å². The topological polar surface area (TPSA) is 110 Å². The Labute approximate surface area is 234 Å². The van der Waals surface area contributed by atoms with Crippen LogP contribution in [0.1, 0.15) is 25.0 Å². The molecule has 2 aromatic rings. The van der Waals surface area contributed by atoms with E-state index in [0.29, 0.717) is 12.3 Å². The first-order valence-corrected chi connectivity index (χ1v) is 14.5. The van der Waals surface area contributed by atoms with Crippen molar-refractivity contribution in [3.05, 3.63) is 58.6 Å². The molecule has 1 fully saturated rings. The van der Waals surface area contributed by atoms with Gasteiger partial charge in [-0.1, -0.05) is 35.9 Å². The number of hydrogen-bond acceptors (Lipinski definition) is 8. The van der Waals surface area contributed by atoms with Crippen molar-refractivity contribution in [1.29, 1.82) is 0 Å². The molecular weight excluding hydrogens is 544 g/mol. The number of nitrogens with one attached hydrogen (secondary N) is 1. The SMILES string of the molecule is COc1ccc(S(=O)(=O)N2CC(C)(C)OC[C@H]2COCC(=O)N(C)Cc2ccc(C3=NCCN3)cc2)c(Cl)c1. The van der Waals surface area contributed by atoms with Crippen molar-refractivity contribution in [3.8, 4) is 5.75 Å². The number of carbonyl (C=O) groups excluding carboxylic acids is 1. The minimum Gasteiger partial charge on any atom is -0.497 e. The number of amidine groups is 1. The fourth-order valence-electron chi connectivity index (χ4n) is 4.43. The highest BCUT2D eigenvalue weighted by Crippen LogP contribution is 2.32. The van der Waals surface area contributed by atoms with Crippen LogP contribution in [-0.2, 0) is 30.8 Å². The zero-order chi connectivity index (χ0) is 28.2. The lowest BCUT2D eigenvalue weighted by Crippen LogP contribution is -2.57. The number of likely N-dealkylation sites (N-methyl/N-ethyl adjacent to an activating group) is 1. The highest BCUT2D eigenvalue weighted by Gasteiger charge is 2.42. The average molecular weight is 579 g/mol. The molecule has 1 amide bonds. The lowest BCUT2D eigenvalue weighted by atomic mass is 10.1. The maximum absolute atomic E-state index is 13.6. The van der Waals surface area contributed by atoms with Gasteiger partial charge in [0.1, 0.15) is 23.1 Å². The summed E-state index contributed by atoms with van der Waals surface area (Å²) in [6.07, 6.45) is 0. The Morgan fingerprint density at radius 1 is 1.26 bits per heavy atom. The van der Waals surface area contributed by atoms with E-state index in [-0.39, 0.29) is 42.2 Å². The molecule has 12 heteroatoms. The van der Waals surface area contributed by atoms with Crippen molar-refractivity contribution >= 4 is 33.4 Å². The van der Waals surface area contributed by atoms with Gasteiger partial charge >= 0.3 is 0 Å². The number of carbonyl (C=O) groups is 1.